The van der Waals surface area contributed by atoms with E-state index in [9.17, 15) is 4.79 Å². The van der Waals surface area contributed by atoms with Crippen LogP contribution in [0.25, 0.3) is 0 Å². The average Bonchev–Trinajstić information content (AvgIpc) is 2.93. The quantitative estimate of drug-likeness (QED) is 0.606. The minimum atomic E-state index is -0.0555. The first-order chi connectivity index (χ1) is 10.2. The van der Waals surface area contributed by atoms with Crippen molar-refractivity contribution in [2.24, 2.45) is 0 Å². The van der Waals surface area contributed by atoms with Gasteiger partial charge in [0.1, 0.15) is 0 Å². The molecule has 112 valence electrons. The first kappa shape index (κ1) is 16.3. The van der Waals surface area contributed by atoms with Gasteiger partial charge in [-0.1, -0.05) is 55.1 Å². The van der Waals surface area contributed by atoms with Crippen LogP contribution in [0.3, 0.4) is 0 Å². The largest absolute Gasteiger partial charge is 0.300 e. The minimum Gasteiger partial charge on any atom is -0.300 e. The SMILES string of the molecule is CCC(C)Sc1nnc(NC(=O)CSc2ccccc2)s1. The molecule has 0 saturated heterocycles. The fourth-order valence-electron chi connectivity index (χ4n) is 1.38. The summed E-state index contributed by atoms with van der Waals surface area (Å²) < 4.78 is 0.898. The molecular formula is C14H17N3OS3. The van der Waals surface area contributed by atoms with Crippen molar-refractivity contribution in [2.75, 3.05) is 11.1 Å². The second-order valence-electron chi connectivity index (χ2n) is 4.36. The molecule has 2 aromatic rings. The lowest BCUT2D eigenvalue weighted by atomic mass is 10.4. The molecule has 1 N–H and O–H groups in total. The van der Waals surface area contributed by atoms with Crippen molar-refractivity contribution < 1.29 is 4.79 Å². The van der Waals surface area contributed by atoms with Crippen LogP contribution in [0.4, 0.5) is 5.13 Å². The van der Waals surface area contributed by atoms with Gasteiger partial charge in [-0.25, -0.2) is 0 Å². The van der Waals surface area contributed by atoms with Crippen molar-refractivity contribution in [3.8, 4) is 0 Å². The van der Waals surface area contributed by atoms with Crippen LogP contribution in [0, 0.1) is 0 Å². The van der Waals surface area contributed by atoms with Crippen LogP contribution in [0.15, 0.2) is 39.6 Å². The zero-order chi connectivity index (χ0) is 15.1. The first-order valence-corrected chi connectivity index (χ1v) is 9.33. The van der Waals surface area contributed by atoms with Gasteiger partial charge in [-0.3, -0.25) is 10.1 Å². The van der Waals surface area contributed by atoms with E-state index in [1.807, 2.05) is 30.3 Å². The summed E-state index contributed by atoms with van der Waals surface area (Å²) in [5.74, 6) is 0.317. The smallest absolute Gasteiger partial charge is 0.236 e. The summed E-state index contributed by atoms with van der Waals surface area (Å²) in [4.78, 5) is 13.0. The van der Waals surface area contributed by atoms with Gasteiger partial charge in [0.2, 0.25) is 11.0 Å². The van der Waals surface area contributed by atoms with E-state index in [2.05, 4.69) is 29.4 Å². The Balaban J connectivity index is 1.80. The van der Waals surface area contributed by atoms with Gasteiger partial charge in [-0.15, -0.1) is 22.0 Å². The van der Waals surface area contributed by atoms with Crippen LogP contribution in [-0.4, -0.2) is 27.1 Å². The van der Waals surface area contributed by atoms with E-state index in [1.54, 1.807) is 11.8 Å². The number of aromatic nitrogens is 2. The maximum absolute atomic E-state index is 11.9. The summed E-state index contributed by atoms with van der Waals surface area (Å²) in [6.45, 7) is 4.29. The van der Waals surface area contributed by atoms with Crippen LogP contribution in [0.2, 0.25) is 0 Å². The van der Waals surface area contributed by atoms with Crippen LogP contribution < -0.4 is 5.32 Å². The zero-order valence-electron chi connectivity index (χ0n) is 11.9. The predicted molar refractivity (Wildman–Crippen MR) is 91.3 cm³/mol. The maximum atomic E-state index is 11.9. The third-order valence-corrected chi connectivity index (χ3v) is 5.85. The Hall–Kier alpha value is -1.05. The highest BCUT2D eigenvalue weighted by molar-refractivity contribution is 8.01. The Morgan fingerprint density at radius 1 is 1.33 bits per heavy atom. The summed E-state index contributed by atoms with van der Waals surface area (Å²) in [6, 6.07) is 9.86. The number of rotatable bonds is 7. The highest BCUT2D eigenvalue weighted by Gasteiger charge is 2.11. The van der Waals surface area contributed by atoms with Crippen molar-refractivity contribution in [3.63, 3.8) is 0 Å². The molecule has 7 heteroatoms. The molecule has 1 aromatic heterocycles. The highest BCUT2D eigenvalue weighted by Crippen LogP contribution is 2.30. The Kier molecular flexibility index (Phi) is 6.53. The molecule has 0 aliphatic rings. The van der Waals surface area contributed by atoms with E-state index in [4.69, 9.17) is 0 Å². The predicted octanol–water partition coefficient (Wildman–Crippen LogP) is 4.16. The lowest BCUT2D eigenvalue weighted by molar-refractivity contribution is -0.113. The molecule has 0 aliphatic heterocycles. The van der Waals surface area contributed by atoms with E-state index >= 15 is 0 Å². The zero-order valence-corrected chi connectivity index (χ0v) is 14.4. The van der Waals surface area contributed by atoms with Crippen LogP contribution in [0.5, 0.6) is 0 Å². The maximum Gasteiger partial charge on any atom is 0.236 e. The Labute approximate surface area is 137 Å². The molecule has 1 unspecified atom stereocenters. The van der Waals surface area contributed by atoms with Gasteiger partial charge >= 0.3 is 0 Å². The number of amides is 1. The molecule has 0 bridgehead atoms. The molecule has 21 heavy (non-hydrogen) atoms. The summed E-state index contributed by atoms with van der Waals surface area (Å²) in [5, 5.41) is 12.0. The Morgan fingerprint density at radius 2 is 2.10 bits per heavy atom. The topological polar surface area (TPSA) is 54.9 Å². The molecule has 4 nitrogen and oxygen atoms in total. The van der Waals surface area contributed by atoms with Crippen molar-refractivity contribution in [1.29, 1.82) is 0 Å². The van der Waals surface area contributed by atoms with Gasteiger partial charge in [-0.05, 0) is 18.6 Å². The molecule has 0 radical (unpaired) electrons. The number of thioether (sulfide) groups is 2. The molecule has 2 rings (SSSR count). The third-order valence-electron chi connectivity index (χ3n) is 2.64. The summed E-state index contributed by atoms with van der Waals surface area (Å²) in [6.07, 6.45) is 1.08. The van der Waals surface area contributed by atoms with Gasteiger partial charge in [0.05, 0.1) is 5.75 Å². The number of nitrogens with one attached hydrogen (secondary N) is 1. The number of carbonyl (C=O) groups excluding carboxylic acids is 1. The molecule has 1 amide bonds. The Bertz CT molecular complexity index is 574. The van der Waals surface area contributed by atoms with E-state index in [0.717, 1.165) is 15.7 Å². The summed E-state index contributed by atoms with van der Waals surface area (Å²) >= 11 is 4.62. The third kappa shape index (κ3) is 5.68. The van der Waals surface area contributed by atoms with E-state index in [-0.39, 0.29) is 5.91 Å². The van der Waals surface area contributed by atoms with Crippen LogP contribution in [0.1, 0.15) is 20.3 Å². The van der Waals surface area contributed by atoms with E-state index in [1.165, 1.54) is 23.1 Å². The van der Waals surface area contributed by atoms with Gasteiger partial charge in [0, 0.05) is 10.1 Å². The van der Waals surface area contributed by atoms with Gasteiger partial charge < -0.3 is 0 Å². The van der Waals surface area contributed by atoms with E-state index in [0.29, 0.717) is 16.1 Å². The van der Waals surface area contributed by atoms with Gasteiger partial charge in [0.15, 0.2) is 4.34 Å². The van der Waals surface area contributed by atoms with Gasteiger partial charge in [0.25, 0.3) is 0 Å². The Morgan fingerprint density at radius 3 is 2.81 bits per heavy atom. The normalized spacial score (nSPS) is 12.1. The lowest BCUT2D eigenvalue weighted by Gasteiger charge is -2.02. The molecule has 1 heterocycles. The second-order valence-corrected chi connectivity index (χ2v) is 8.07. The summed E-state index contributed by atoms with van der Waals surface area (Å²) in [7, 11) is 0. The highest BCUT2D eigenvalue weighted by atomic mass is 32.2. The van der Waals surface area contributed by atoms with Crippen LogP contribution >= 0.6 is 34.9 Å². The number of nitrogens with zero attached hydrogens (tertiary/aromatic N) is 2. The summed E-state index contributed by atoms with van der Waals surface area (Å²) in [5.41, 5.74) is 0. The molecule has 1 aromatic carbocycles. The molecule has 0 saturated carbocycles. The number of anilines is 1. The molecular weight excluding hydrogens is 322 g/mol. The average molecular weight is 340 g/mol. The number of hydrogen-bond donors (Lipinski definition) is 1. The lowest BCUT2D eigenvalue weighted by Crippen LogP contribution is -2.13. The molecule has 1 atom stereocenters. The van der Waals surface area contributed by atoms with Crippen molar-refractivity contribution in [1.82, 2.24) is 10.2 Å². The van der Waals surface area contributed by atoms with Crippen LogP contribution in [-0.2, 0) is 4.79 Å². The van der Waals surface area contributed by atoms with Crippen molar-refractivity contribution in [3.05, 3.63) is 30.3 Å². The number of benzene rings is 1. The molecule has 0 spiro atoms. The van der Waals surface area contributed by atoms with Gasteiger partial charge in [-0.2, -0.15) is 0 Å². The molecule has 0 aliphatic carbocycles. The standard InChI is InChI=1S/C14H17N3OS3/c1-3-10(2)20-14-17-16-13(21-14)15-12(18)9-19-11-7-5-4-6-8-11/h4-8,10H,3,9H2,1-2H3,(H,15,16,18). The number of carbonyl (C=O) groups is 1. The first-order valence-electron chi connectivity index (χ1n) is 6.65. The van der Waals surface area contributed by atoms with Crippen molar-refractivity contribution >= 4 is 45.9 Å². The fourth-order valence-corrected chi connectivity index (χ4v) is 4.12. The second kappa shape index (κ2) is 8.41. The number of hydrogen-bond acceptors (Lipinski definition) is 6. The molecule has 0 fully saturated rings. The monoisotopic (exact) mass is 339 g/mol. The van der Waals surface area contributed by atoms with E-state index < -0.39 is 0 Å². The fraction of sp³-hybridized carbons (Fsp3) is 0.357. The van der Waals surface area contributed by atoms with Crippen molar-refractivity contribution in [2.45, 2.75) is 34.8 Å². The minimum absolute atomic E-state index is 0.0555.